The van der Waals surface area contributed by atoms with Gasteiger partial charge >= 0.3 is 5.97 Å². The van der Waals surface area contributed by atoms with Crippen LogP contribution in [0.25, 0.3) is 33.3 Å². The minimum absolute atomic E-state index is 0.230. The van der Waals surface area contributed by atoms with Gasteiger partial charge in [0.1, 0.15) is 6.61 Å². The number of hydrogen-bond donors (Lipinski definition) is 0. The molecule has 1 aliphatic rings. The zero-order chi connectivity index (χ0) is 24.5. The van der Waals surface area contributed by atoms with E-state index in [1.807, 2.05) is 66.7 Å². The van der Waals surface area contributed by atoms with Gasteiger partial charge in [-0.15, -0.1) is 0 Å². The summed E-state index contributed by atoms with van der Waals surface area (Å²) in [5, 5.41) is 3.10. The van der Waals surface area contributed by atoms with Gasteiger partial charge in [-0.25, -0.2) is 9.78 Å². The average Bonchev–Trinajstić information content (AvgIpc) is 2.91. The van der Waals surface area contributed by atoms with Crippen LogP contribution in [0.4, 0.5) is 0 Å². The highest BCUT2D eigenvalue weighted by Gasteiger charge is 2.29. The first-order chi connectivity index (χ1) is 17.7. The standard InChI is InChI=1S/C33H27NO2/c1-22-18-26(20-23-10-3-2-4-11-23)32-29(19-22)31(28-16-7-8-17-30(28)34-32)33(35)36-21-25-14-9-13-24-12-5-6-15-27(24)25/h2-17,20,22H,18-19,21H2,1H3. The van der Waals surface area contributed by atoms with Crippen LogP contribution in [0.2, 0.25) is 0 Å². The number of para-hydroxylation sites is 1. The Bertz CT molecular complexity index is 1610. The number of rotatable bonds is 4. The van der Waals surface area contributed by atoms with E-state index in [-0.39, 0.29) is 12.6 Å². The second-order valence-electron chi connectivity index (χ2n) is 9.64. The molecule has 3 heteroatoms. The van der Waals surface area contributed by atoms with Crippen LogP contribution in [0.3, 0.4) is 0 Å². The van der Waals surface area contributed by atoms with Crippen LogP contribution in [0.15, 0.2) is 97.1 Å². The summed E-state index contributed by atoms with van der Waals surface area (Å²) in [6.45, 7) is 2.47. The van der Waals surface area contributed by atoms with Crippen LogP contribution >= 0.6 is 0 Å². The predicted molar refractivity (Wildman–Crippen MR) is 147 cm³/mol. The van der Waals surface area contributed by atoms with E-state index < -0.39 is 0 Å². The number of benzene rings is 4. The SMILES string of the molecule is CC1CC(=Cc2ccccc2)c2nc3ccccc3c(C(=O)OCc3cccc4ccccc34)c2C1. The Morgan fingerprint density at radius 1 is 0.861 bits per heavy atom. The van der Waals surface area contributed by atoms with Crippen molar-refractivity contribution in [3.8, 4) is 0 Å². The Labute approximate surface area is 211 Å². The summed E-state index contributed by atoms with van der Waals surface area (Å²) in [6.07, 6.45) is 3.94. The molecule has 176 valence electrons. The van der Waals surface area contributed by atoms with Gasteiger partial charge in [0.25, 0.3) is 0 Å². The number of nitrogens with zero attached hydrogens (tertiary/aromatic N) is 1. The summed E-state index contributed by atoms with van der Waals surface area (Å²) in [6, 6.07) is 32.5. The Morgan fingerprint density at radius 2 is 1.58 bits per heavy atom. The van der Waals surface area contributed by atoms with Gasteiger partial charge in [0, 0.05) is 5.39 Å². The second kappa shape index (κ2) is 9.43. The van der Waals surface area contributed by atoms with Crippen molar-refractivity contribution >= 4 is 39.3 Å². The van der Waals surface area contributed by atoms with Gasteiger partial charge in [-0.3, -0.25) is 0 Å². The number of esters is 1. The van der Waals surface area contributed by atoms with Crippen molar-refractivity contribution in [2.24, 2.45) is 5.92 Å². The highest BCUT2D eigenvalue weighted by Crippen LogP contribution is 2.39. The first-order valence-corrected chi connectivity index (χ1v) is 12.5. The van der Waals surface area contributed by atoms with E-state index in [2.05, 4.69) is 43.3 Å². The lowest BCUT2D eigenvalue weighted by molar-refractivity contribution is 0.0475. The molecule has 1 atom stereocenters. The molecule has 1 aliphatic carbocycles. The molecule has 1 aromatic heterocycles. The Kier molecular flexibility index (Phi) is 5.82. The zero-order valence-electron chi connectivity index (χ0n) is 20.3. The average molecular weight is 470 g/mol. The van der Waals surface area contributed by atoms with Gasteiger partial charge in [-0.2, -0.15) is 0 Å². The number of fused-ring (bicyclic) bond motifs is 3. The number of aromatic nitrogens is 1. The summed E-state index contributed by atoms with van der Waals surface area (Å²) >= 11 is 0. The molecular weight excluding hydrogens is 442 g/mol. The maximum absolute atomic E-state index is 13.7. The Balaban J connectivity index is 1.44. The highest BCUT2D eigenvalue weighted by atomic mass is 16.5. The number of carbonyl (C=O) groups excluding carboxylic acids is 1. The molecule has 5 aromatic rings. The molecule has 0 fully saturated rings. The van der Waals surface area contributed by atoms with E-state index in [4.69, 9.17) is 9.72 Å². The third-order valence-corrected chi connectivity index (χ3v) is 7.00. The van der Waals surface area contributed by atoms with E-state index in [9.17, 15) is 4.79 Å². The van der Waals surface area contributed by atoms with Gasteiger partial charge in [-0.05, 0) is 63.9 Å². The molecule has 0 bridgehead atoms. The smallest absolute Gasteiger partial charge is 0.339 e. The third kappa shape index (κ3) is 4.18. The molecular formula is C33H27NO2. The summed E-state index contributed by atoms with van der Waals surface area (Å²) in [7, 11) is 0. The number of ether oxygens (including phenoxy) is 1. The topological polar surface area (TPSA) is 39.2 Å². The minimum Gasteiger partial charge on any atom is -0.457 e. The van der Waals surface area contributed by atoms with Crippen LogP contribution in [0.1, 0.15) is 46.1 Å². The zero-order valence-corrected chi connectivity index (χ0v) is 20.3. The van der Waals surface area contributed by atoms with Crippen molar-refractivity contribution in [2.45, 2.75) is 26.4 Å². The van der Waals surface area contributed by atoms with Crippen LogP contribution in [-0.4, -0.2) is 11.0 Å². The molecule has 0 saturated carbocycles. The number of allylic oxidation sites excluding steroid dienone is 1. The molecule has 0 spiro atoms. The van der Waals surface area contributed by atoms with E-state index in [1.54, 1.807) is 0 Å². The summed E-state index contributed by atoms with van der Waals surface area (Å²) in [4.78, 5) is 18.8. The van der Waals surface area contributed by atoms with Gasteiger partial charge in [0.05, 0.1) is 16.8 Å². The molecule has 3 nitrogen and oxygen atoms in total. The Morgan fingerprint density at radius 3 is 2.44 bits per heavy atom. The van der Waals surface area contributed by atoms with Crippen molar-refractivity contribution in [2.75, 3.05) is 0 Å². The summed E-state index contributed by atoms with van der Waals surface area (Å²) in [5.74, 6) is 0.117. The fraction of sp³-hybridized carbons (Fsp3) is 0.152. The van der Waals surface area contributed by atoms with Crippen LogP contribution in [-0.2, 0) is 17.8 Å². The number of pyridine rings is 1. The first kappa shape index (κ1) is 22.2. The maximum atomic E-state index is 13.7. The number of hydrogen-bond acceptors (Lipinski definition) is 3. The maximum Gasteiger partial charge on any atom is 0.339 e. The van der Waals surface area contributed by atoms with Crippen molar-refractivity contribution in [1.29, 1.82) is 0 Å². The number of carbonyl (C=O) groups is 1. The molecule has 0 amide bonds. The van der Waals surface area contributed by atoms with E-state index in [0.29, 0.717) is 11.5 Å². The lowest BCUT2D eigenvalue weighted by Crippen LogP contribution is -2.19. The summed E-state index contributed by atoms with van der Waals surface area (Å²) in [5.41, 5.74) is 6.71. The minimum atomic E-state index is -0.286. The van der Waals surface area contributed by atoms with Crippen molar-refractivity contribution in [3.63, 3.8) is 0 Å². The molecule has 1 unspecified atom stereocenters. The van der Waals surface area contributed by atoms with Crippen LogP contribution in [0, 0.1) is 5.92 Å². The largest absolute Gasteiger partial charge is 0.457 e. The molecule has 0 N–H and O–H groups in total. The van der Waals surface area contributed by atoms with E-state index in [1.165, 1.54) is 5.57 Å². The van der Waals surface area contributed by atoms with Gasteiger partial charge < -0.3 is 4.74 Å². The van der Waals surface area contributed by atoms with E-state index >= 15 is 0 Å². The van der Waals surface area contributed by atoms with Crippen molar-refractivity contribution in [3.05, 3.63) is 125 Å². The molecule has 0 aliphatic heterocycles. The molecule has 4 aromatic carbocycles. The third-order valence-electron chi connectivity index (χ3n) is 7.00. The second-order valence-corrected chi connectivity index (χ2v) is 9.64. The normalized spacial score (nSPS) is 16.2. The lowest BCUT2D eigenvalue weighted by Gasteiger charge is -2.26. The highest BCUT2D eigenvalue weighted by molar-refractivity contribution is 6.06. The van der Waals surface area contributed by atoms with Crippen molar-refractivity contribution < 1.29 is 9.53 Å². The van der Waals surface area contributed by atoms with Gasteiger partial charge in [-0.1, -0.05) is 97.9 Å². The monoisotopic (exact) mass is 469 g/mol. The molecule has 0 saturated heterocycles. The fourth-order valence-electron chi connectivity index (χ4n) is 5.35. The van der Waals surface area contributed by atoms with Gasteiger partial charge in [0.2, 0.25) is 0 Å². The van der Waals surface area contributed by atoms with Crippen molar-refractivity contribution in [1.82, 2.24) is 4.98 Å². The Hall–Kier alpha value is -4.24. The molecule has 1 heterocycles. The quantitative estimate of drug-likeness (QED) is 0.251. The molecule has 0 radical (unpaired) electrons. The fourth-order valence-corrected chi connectivity index (χ4v) is 5.35. The van der Waals surface area contributed by atoms with E-state index in [0.717, 1.165) is 56.9 Å². The predicted octanol–water partition coefficient (Wildman–Crippen LogP) is 7.87. The first-order valence-electron chi connectivity index (χ1n) is 12.5. The molecule has 36 heavy (non-hydrogen) atoms. The van der Waals surface area contributed by atoms with Gasteiger partial charge in [0.15, 0.2) is 0 Å². The van der Waals surface area contributed by atoms with Crippen LogP contribution < -0.4 is 0 Å². The summed E-state index contributed by atoms with van der Waals surface area (Å²) < 4.78 is 6.00. The van der Waals surface area contributed by atoms with Crippen LogP contribution in [0.5, 0.6) is 0 Å². The lowest BCUT2D eigenvalue weighted by atomic mass is 9.80. The molecule has 6 rings (SSSR count).